The monoisotopic (exact) mass is 1270 g/mol. The topological polar surface area (TPSA) is 269 Å². The van der Waals surface area contributed by atoms with Crippen LogP contribution in [0.1, 0.15) is 83.8 Å². The van der Waals surface area contributed by atoms with E-state index in [2.05, 4.69) is 78.5 Å². The average Bonchev–Trinajstić information content (AvgIpc) is 2.67. The normalized spacial score (nSPS) is 21.3. The van der Waals surface area contributed by atoms with Crippen LogP contribution in [0, 0.1) is 20.8 Å². The molecule has 6 atom stereocenters. The van der Waals surface area contributed by atoms with E-state index in [0.717, 1.165) is 109 Å². The van der Waals surface area contributed by atoms with Crippen LogP contribution in [0.4, 0.5) is 34.9 Å². The summed E-state index contributed by atoms with van der Waals surface area (Å²) in [6.07, 6.45) is 11.0. The number of nitrogens with zero attached hydrogens (tertiary/aromatic N) is 15. The van der Waals surface area contributed by atoms with Crippen molar-refractivity contribution in [1.29, 1.82) is 0 Å². The van der Waals surface area contributed by atoms with E-state index in [1.54, 1.807) is 40.1 Å². The molecule has 88 heavy (non-hydrogen) atoms. The highest BCUT2D eigenvalue weighted by Gasteiger charge is 2.34. The predicted molar refractivity (Wildman–Crippen MR) is 347 cm³/mol. The molecule has 9 heterocycles. The average molecular weight is 1270 g/mol. The molecule has 1 unspecified atom stereocenters. The summed E-state index contributed by atoms with van der Waals surface area (Å²) in [4.78, 5) is 47.9. The van der Waals surface area contributed by atoms with Crippen molar-refractivity contribution in [1.82, 2.24) is 44.9 Å². The van der Waals surface area contributed by atoms with Crippen molar-refractivity contribution < 1.29 is 41.0 Å². The Balaban J connectivity index is 0.000000156. The Labute approximate surface area is 519 Å². The summed E-state index contributed by atoms with van der Waals surface area (Å²) in [5.74, 6) is 6.75. The van der Waals surface area contributed by atoms with Crippen LogP contribution < -0.4 is 28.9 Å². The van der Waals surface area contributed by atoms with E-state index in [1.807, 2.05) is 75.4 Å². The fourth-order valence-electron chi connectivity index (χ4n) is 10.3. The zero-order chi connectivity index (χ0) is 61.8. The van der Waals surface area contributed by atoms with Crippen molar-refractivity contribution in [3.05, 3.63) is 71.7 Å². The van der Waals surface area contributed by atoms with Crippen molar-refractivity contribution in [2.24, 2.45) is 13.1 Å². The Kier molecular flexibility index (Phi) is 20.9. The Morgan fingerprint density at radius 1 is 0.420 bits per heavy atom. The minimum Gasteiger partial charge on any atom is -0.481 e. The molecule has 3 aliphatic carbocycles. The number of methoxy groups -OCH3 is 3. The maximum atomic E-state index is 13.0. The van der Waals surface area contributed by atoms with E-state index in [4.69, 9.17) is 43.4 Å². The summed E-state index contributed by atoms with van der Waals surface area (Å²) in [5, 5.41) is 0.486. The van der Waals surface area contributed by atoms with E-state index in [-0.39, 0.29) is 41.3 Å². The largest absolute Gasteiger partial charge is 0.481 e. The first kappa shape index (κ1) is 65.7. The summed E-state index contributed by atoms with van der Waals surface area (Å²) in [6, 6.07) is 17.2. The van der Waals surface area contributed by atoms with Gasteiger partial charge >= 0.3 is 0 Å². The predicted octanol–water partition coefficient (Wildman–Crippen LogP) is 9.55. The maximum absolute atomic E-state index is 13.0. The number of hydrogen-bond donors (Lipinski definition) is 0. The van der Waals surface area contributed by atoms with Gasteiger partial charge in [-0.15, -0.1) is 0 Å². The zero-order valence-corrected chi connectivity index (χ0v) is 54.3. The van der Waals surface area contributed by atoms with E-state index in [0.29, 0.717) is 92.2 Å². The second-order valence-corrected chi connectivity index (χ2v) is 30.9. The fraction of sp³-hybridized carbons (Fsp3) is 0.557. The second kappa shape index (κ2) is 27.9. The molecule has 0 bridgehead atoms. The molecule has 27 heteroatoms. The summed E-state index contributed by atoms with van der Waals surface area (Å²) in [5.41, 5.74) is 4.81. The SMILES string of the molecule is C.COc1cc(-c2nc(N=S(C)(=O)C3CC3)cc(N3CCOC[C@H]3C)n2)cc(C)n1.COc1cc(-c2nc(N=[S@@](C)(=O)C3CC3)cc(N3CCOC[C@H]3C)n2)cc(C)n1.COc1cc(-c2nc(N=[S@](C)(=O)C3CC3)cc(N3CCOC[C@H]3C)n2)cc(C)n1. The van der Waals surface area contributed by atoms with E-state index in [1.165, 1.54) is 0 Å². The third kappa shape index (κ3) is 16.7. The zero-order valence-electron chi connectivity index (χ0n) is 51.9. The summed E-state index contributed by atoms with van der Waals surface area (Å²) >= 11 is 0. The van der Waals surface area contributed by atoms with E-state index in [9.17, 15) is 12.6 Å². The molecule has 0 amide bonds. The minimum atomic E-state index is -2.32. The van der Waals surface area contributed by atoms with Gasteiger partial charge in [-0.2, -0.15) is 13.1 Å². The van der Waals surface area contributed by atoms with Crippen LogP contribution in [0.2, 0.25) is 0 Å². The van der Waals surface area contributed by atoms with E-state index >= 15 is 0 Å². The first-order valence-corrected chi connectivity index (χ1v) is 35.5. The molecule has 0 N–H and O–H groups in total. The highest BCUT2D eigenvalue weighted by Crippen LogP contribution is 2.37. The molecule has 0 spiro atoms. The smallest absolute Gasteiger partial charge is 0.213 e. The minimum absolute atomic E-state index is 0. The molecule has 6 fully saturated rings. The van der Waals surface area contributed by atoms with E-state index < -0.39 is 29.2 Å². The number of aryl methyl sites for hydroxylation is 3. The molecule has 12 rings (SSSR count). The van der Waals surface area contributed by atoms with Crippen molar-refractivity contribution in [2.75, 3.05) is 114 Å². The highest BCUT2D eigenvalue weighted by atomic mass is 32.2. The van der Waals surface area contributed by atoms with Crippen molar-refractivity contribution >= 4 is 64.1 Å². The molecule has 0 aromatic carbocycles. The van der Waals surface area contributed by atoms with Crippen LogP contribution in [-0.4, -0.2) is 191 Å². The van der Waals surface area contributed by atoms with Gasteiger partial charge in [0.1, 0.15) is 17.5 Å². The van der Waals surface area contributed by atoms with Crippen LogP contribution >= 0.6 is 0 Å². The molecular weight excluding hydrogens is 1180 g/mol. The molecule has 3 aliphatic heterocycles. The van der Waals surface area contributed by atoms with Crippen molar-refractivity contribution in [3.63, 3.8) is 0 Å². The Hall–Kier alpha value is -6.78. The second-order valence-electron chi connectivity index (χ2n) is 23.1. The molecule has 24 nitrogen and oxygen atoms in total. The fourth-order valence-corrected chi connectivity index (χ4v) is 15.2. The first-order chi connectivity index (χ1) is 41.6. The van der Waals surface area contributed by atoms with Gasteiger partial charge in [-0.25, -0.2) is 57.5 Å². The Bertz CT molecular complexity index is 3490. The summed E-state index contributed by atoms with van der Waals surface area (Å²) < 4.78 is 85.2. The Morgan fingerprint density at radius 3 is 0.909 bits per heavy atom. The standard InChI is InChI=1S/3C20H27N5O3S.CH4/c3*1-13-9-15(10-19(21-13)27-3)20-22-17(24-29(4,26)16-5-6-16)11-18(23-20)25-7-8-28-12-14(25)2;/h3*9-11,14,16H,5-8,12H2,1-4H3;1H4/t14-,29?;14-,29+;14-,29-;/m111./s1. The number of morpholine rings is 3. The van der Waals surface area contributed by atoms with Gasteiger partial charge in [0, 0.05) is 124 Å². The molecule has 3 saturated carbocycles. The lowest BCUT2D eigenvalue weighted by atomic mass is 10.2. The molecule has 6 aromatic rings. The molecule has 476 valence electrons. The molecule has 3 saturated heterocycles. The molecule has 6 aromatic heterocycles. The number of aromatic nitrogens is 9. The van der Waals surface area contributed by atoms with Crippen LogP contribution in [-0.2, 0) is 43.4 Å². The summed E-state index contributed by atoms with van der Waals surface area (Å²) in [6.45, 7) is 18.1. The van der Waals surface area contributed by atoms with Gasteiger partial charge in [0.15, 0.2) is 34.9 Å². The number of anilines is 3. The van der Waals surface area contributed by atoms with Crippen LogP contribution in [0.5, 0.6) is 17.6 Å². The van der Waals surface area contributed by atoms with Gasteiger partial charge in [0.05, 0.1) is 108 Å². The molecule has 6 aliphatic rings. The lowest BCUT2D eigenvalue weighted by Gasteiger charge is -2.34. The van der Waals surface area contributed by atoms with Gasteiger partial charge in [-0.1, -0.05) is 7.43 Å². The number of pyridine rings is 3. The van der Waals surface area contributed by atoms with Crippen molar-refractivity contribution in [2.45, 2.75) is 121 Å². The number of ether oxygens (including phenoxy) is 6. The molecular formula is C61H85N15O9S3. The highest BCUT2D eigenvalue weighted by molar-refractivity contribution is 7.94. The van der Waals surface area contributed by atoms with Gasteiger partial charge in [-0.3, -0.25) is 0 Å². The first-order valence-electron chi connectivity index (χ1n) is 29.5. The summed E-state index contributed by atoms with van der Waals surface area (Å²) in [7, 11) is -2.20. The number of hydrogen-bond acceptors (Lipinski definition) is 24. The van der Waals surface area contributed by atoms with Gasteiger partial charge < -0.3 is 43.1 Å². The van der Waals surface area contributed by atoms with Crippen LogP contribution in [0.3, 0.4) is 0 Å². The number of rotatable bonds is 15. The molecule has 0 radical (unpaired) electrons. The Morgan fingerprint density at radius 2 is 0.682 bits per heavy atom. The van der Waals surface area contributed by atoms with Crippen molar-refractivity contribution in [3.8, 4) is 51.8 Å². The van der Waals surface area contributed by atoms with Gasteiger partial charge in [0.2, 0.25) is 17.6 Å². The van der Waals surface area contributed by atoms with Gasteiger partial charge in [-0.05, 0) is 98.3 Å². The quantitative estimate of drug-likeness (QED) is 0.0925. The van der Waals surface area contributed by atoms with Crippen LogP contribution in [0.15, 0.2) is 67.7 Å². The third-order valence-electron chi connectivity index (χ3n) is 15.5. The third-order valence-corrected chi connectivity index (χ3v) is 22.3. The van der Waals surface area contributed by atoms with Gasteiger partial charge in [0.25, 0.3) is 0 Å². The lowest BCUT2D eigenvalue weighted by Crippen LogP contribution is -2.44. The van der Waals surface area contributed by atoms with Crippen LogP contribution in [0.25, 0.3) is 34.2 Å². The maximum Gasteiger partial charge on any atom is 0.213 e. The lowest BCUT2D eigenvalue weighted by molar-refractivity contribution is 0.0985.